The van der Waals surface area contributed by atoms with Crippen LogP contribution in [0.5, 0.6) is 0 Å². The molecule has 0 saturated carbocycles. The quantitative estimate of drug-likeness (QED) is 0.805. The van der Waals surface area contributed by atoms with Crippen LogP contribution in [0, 0.1) is 0 Å². The van der Waals surface area contributed by atoms with Crippen molar-refractivity contribution < 1.29 is 4.42 Å². The minimum Gasteiger partial charge on any atom is -0.468 e. The maximum atomic E-state index is 5.34. The summed E-state index contributed by atoms with van der Waals surface area (Å²) in [6, 6.07) is 4.99. The molecule has 1 aliphatic heterocycles. The number of rotatable bonds is 3. The van der Waals surface area contributed by atoms with Gasteiger partial charge in [0.05, 0.1) is 12.3 Å². The molecule has 1 aliphatic rings. The highest BCUT2D eigenvalue weighted by Gasteiger charge is 2.18. The van der Waals surface area contributed by atoms with Crippen molar-refractivity contribution in [2.45, 2.75) is 25.4 Å². The molecule has 0 bridgehead atoms. The fraction of sp³-hybridized carbons (Fsp3) is 0.600. The van der Waals surface area contributed by atoms with E-state index >= 15 is 0 Å². The number of thioether (sulfide) groups is 1. The zero-order valence-corrected chi connectivity index (χ0v) is 8.64. The molecule has 0 amide bonds. The molecule has 13 heavy (non-hydrogen) atoms. The SMILES string of the molecule is C[C@@H](NC1CCSC1)c1ccco1. The molecular weight excluding hydrogens is 182 g/mol. The van der Waals surface area contributed by atoms with Crippen LogP contribution in [0.2, 0.25) is 0 Å². The Bertz CT molecular complexity index is 241. The van der Waals surface area contributed by atoms with Crippen molar-refractivity contribution in [2.24, 2.45) is 0 Å². The van der Waals surface area contributed by atoms with Gasteiger partial charge in [0.15, 0.2) is 0 Å². The topological polar surface area (TPSA) is 25.2 Å². The van der Waals surface area contributed by atoms with E-state index in [1.54, 1.807) is 6.26 Å². The van der Waals surface area contributed by atoms with E-state index < -0.39 is 0 Å². The van der Waals surface area contributed by atoms with E-state index in [0.717, 1.165) is 5.76 Å². The lowest BCUT2D eigenvalue weighted by molar-refractivity contribution is 0.401. The molecule has 1 saturated heterocycles. The van der Waals surface area contributed by atoms with Crippen molar-refractivity contribution in [2.75, 3.05) is 11.5 Å². The second-order valence-electron chi connectivity index (χ2n) is 3.46. The smallest absolute Gasteiger partial charge is 0.120 e. The number of nitrogens with one attached hydrogen (secondary N) is 1. The van der Waals surface area contributed by atoms with Crippen LogP contribution in [0.1, 0.15) is 25.1 Å². The molecule has 2 heterocycles. The molecule has 3 heteroatoms. The average Bonchev–Trinajstić information content (AvgIpc) is 2.74. The second kappa shape index (κ2) is 4.20. The van der Waals surface area contributed by atoms with Crippen LogP contribution in [0.25, 0.3) is 0 Å². The van der Waals surface area contributed by atoms with Crippen molar-refractivity contribution in [1.82, 2.24) is 5.32 Å². The summed E-state index contributed by atoms with van der Waals surface area (Å²) < 4.78 is 5.34. The van der Waals surface area contributed by atoms with Crippen LogP contribution in [0.4, 0.5) is 0 Å². The van der Waals surface area contributed by atoms with Crippen LogP contribution in [-0.4, -0.2) is 17.5 Å². The van der Waals surface area contributed by atoms with Crippen molar-refractivity contribution in [3.8, 4) is 0 Å². The summed E-state index contributed by atoms with van der Waals surface area (Å²) in [4.78, 5) is 0. The largest absolute Gasteiger partial charge is 0.468 e. The number of hydrogen-bond donors (Lipinski definition) is 1. The third-order valence-corrected chi connectivity index (χ3v) is 3.55. The Morgan fingerprint density at radius 1 is 1.69 bits per heavy atom. The normalized spacial score (nSPS) is 24.8. The first-order valence-electron chi connectivity index (χ1n) is 4.73. The van der Waals surface area contributed by atoms with Crippen LogP contribution < -0.4 is 5.32 Å². The molecule has 1 N–H and O–H groups in total. The fourth-order valence-electron chi connectivity index (χ4n) is 1.64. The van der Waals surface area contributed by atoms with Gasteiger partial charge in [-0.05, 0) is 31.2 Å². The van der Waals surface area contributed by atoms with Gasteiger partial charge in [0.1, 0.15) is 5.76 Å². The molecule has 2 nitrogen and oxygen atoms in total. The van der Waals surface area contributed by atoms with Gasteiger partial charge < -0.3 is 9.73 Å². The molecule has 72 valence electrons. The van der Waals surface area contributed by atoms with E-state index in [-0.39, 0.29) is 0 Å². The Labute approximate surface area is 83.1 Å². The van der Waals surface area contributed by atoms with Crippen LogP contribution >= 0.6 is 11.8 Å². The maximum Gasteiger partial charge on any atom is 0.120 e. The predicted molar refractivity (Wildman–Crippen MR) is 56.0 cm³/mol. The molecule has 0 radical (unpaired) electrons. The lowest BCUT2D eigenvalue weighted by Crippen LogP contribution is -2.30. The highest BCUT2D eigenvalue weighted by molar-refractivity contribution is 7.99. The summed E-state index contributed by atoms with van der Waals surface area (Å²) in [5, 5.41) is 3.57. The van der Waals surface area contributed by atoms with Gasteiger partial charge in [0.25, 0.3) is 0 Å². The van der Waals surface area contributed by atoms with Gasteiger partial charge >= 0.3 is 0 Å². The van der Waals surface area contributed by atoms with Gasteiger partial charge in [-0.15, -0.1) is 0 Å². The highest BCUT2D eigenvalue weighted by atomic mass is 32.2. The first-order chi connectivity index (χ1) is 6.36. The first kappa shape index (κ1) is 9.16. The molecular formula is C10H15NOS. The standard InChI is InChI=1S/C10H15NOS/c1-8(10-3-2-5-12-10)11-9-4-6-13-7-9/h2-3,5,8-9,11H,4,6-7H2,1H3/t8-,9?/m1/s1. The maximum absolute atomic E-state index is 5.34. The van der Waals surface area contributed by atoms with Crippen LogP contribution in [0.15, 0.2) is 22.8 Å². The third-order valence-electron chi connectivity index (χ3n) is 2.39. The van der Waals surface area contributed by atoms with E-state index in [1.807, 2.05) is 23.9 Å². The van der Waals surface area contributed by atoms with E-state index in [1.165, 1.54) is 17.9 Å². The lowest BCUT2D eigenvalue weighted by Gasteiger charge is -2.16. The number of hydrogen-bond acceptors (Lipinski definition) is 3. The summed E-state index contributed by atoms with van der Waals surface area (Å²) in [6.45, 7) is 2.15. The van der Waals surface area contributed by atoms with E-state index in [4.69, 9.17) is 4.42 Å². The Kier molecular flexibility index (Phi) is 2.96. The van der Waals surface area contributed by atoms with E-state index in [9.17, 15) is 0 Å². The molecule has 1 aromatic heterocycles. The molecule has 2 atom stereocenters. The van der Waals surface area contributed by atoms with E-state index in [0.29, 0.717) is 12.1 Å². The predicted octanol–water partition coefficient (Wildman–Crippen LogP) is 2.44. The van der Waals surface area contributed by atoms with Crippen molar-refractivity contribution >= 4 is 11.8 Å². The van der Waals surface area contributed by atoms with Gasteiger partial charge in [-0.3, -0.25) is 0 Å². The Hall–Kier alpha value is -0.410. The van der Waals surface area contributed by atoms with Gasteiger partial charge in [-0.2, -0.15) is 11.8 Å². The first-order valence-corrected chi connectivity index (χ1v) is 5.89. The van der Waals surface area contributed by atoms with Crippen LogP contribution in [0.3, 0.4) is 0 Å². The van der Waals surface area contributed by atoms with Gasteiger partial charge in [0.2, 0.25) is 0 Å². The zero-order valence-electron chi connectivity index (χ0n) is 7.82. The second-order valence-corrected chi connectivity index (χ2v) is 4.61. The van der Waals surface area contributed by atoms with Crippen molar-refractivity contribution in [3.63, 3.8) is 0 Å². The Morgan fingerprint density at radius 3 is 3.23 bits per heavy atom. The minimum absolute atomic E-state index is 0.346. The average molecular weight is 197 g/mol. The molecule has 0 aliphatic carbocycles. The number of furan rings is 1. The minimum atomic E-state index is 0.346. The third kappa shape index (κ3) is 2.29. The summed E-state index contributed by atoms with van der Waals surface area (Å²) in [7, 11) is 0. The molecule has 1 fully saturated rings. The molecule has 2 rings (SSSR count). The summed E-state index contributed by atoms with van der Waals surface area (Å²) in [6.07, 6.45) is 3.02. The summed E-state index contributed by atoms with van der Waals surface area (Å²) in [5.74, 6) is 3.57. The van der Waals surface area contributed by atoms with Gasteiger partial charge in [-0.25, -0.2) is 0 Å². The Morgan fingerprint density at radius 2 is 2.62 bits per heavy atom. The van der Waals surface area contributed by atoms with Crippen LogP contribution in [-0.2, 0) is 0 Å². The zero-order chi connectivity index (χ0) is 9.10. The molecule has 1 unspecified atom stereocenters. The molecule has 0 spiro atoms. The fourth-order valence-corrected chi connectivity index (χ4v) is 2.80. The van der Waals surface area contributed by atoms with E-state index in [2.05, 4.69) is 12.2 Å². The Balaban J connectivity index is 1.87. The van der Waals surface area contributed by atoms with Crippen molar-refractivity contribution in [1.29, 1.82) is 0 Å². The van der Waals surface area contributed by atoms with Gasteiger partial charge in [-0.1, -0.05) is 0 Å². The summed E-state index contributed by atoms with van der Waals surface area (Å²) >= 11 is 2.03. The molecule has 1 aromatic rings. The molecule has 0 aromatic carbocycles. The lowest BCUT2D eigenvalue weighted by atomic mass is 10.2. The highest BCUT2D eigenvalue weighted by Crippen LogP contribution is 2.21. The summed E-state index contributed by atoms with van der Waals surface area (Å²) in [5.41, 5.74) is 0. The van der Waals surface area contributed by atoms with Crippen molar-refractivity contribution in [3.05, 3.63) is 24.2 Å². The monoisotopic (exact) mass is 197 g/mol. The van der Waals surface area contributed by atoms with Gasteiger partial charge in [0, 0.05) is 11.8 Å².